The van der Waals surface area contributed by atoms with Crippen LogP contribution in [-0.2, 0) is 11.3 Å². The van der Waals surface area contributed by atoms with Crippen LogP contribution in [0.4, 0.5) is 0 Å². The topological polar surface area (TPSA) is 54.7 Å². The second kappa shape index (κ2) is 5.12. The van der Waals surface area contributed by atoms with Gasteiger partial charge in [-0.1, -0.05) is 0 Å². The zero-order chi connectivity index (χ0) is 13.2. The van der Waals surface area contributed by atoms with Crippen molar-refractivity contribution in [3.63, 3.8) is 0 Å². The molecule has 0 aliphatic carbocycles. The van der Waals surface area contributed by atoms with E-state index < -0.39 is 5.97 Å². The zero-order valence-corrected chi connectivity index (χ0v) is 11.2. The van der Waals surface area contributed by atoms with Crippen molar-refractivity contribution in [3.8, 4) is 0 Å². The summed E-state index contributed by atoms with van der Waals surface area (Å²) >= 11 is 0. The maximum Gasteiger partial charge on any atom is 0.373 e. The molecule has 5 heteroatoms. The largest absolute Gasteiger partial charge is 0.463 e. The van der Waals surface area contributed by atoms with E-state index >= 15 is 0 Å². The highest BCUT2D eigenvalue weighted by atomic mass is 16.5. The highest BCUT2D eigenvalue weighted by molar-refractivity contribution is 5.86. The lowest BCUT2D eigenvalue weighted by Crippen LogP contribution is -2.56. The summed E-state index contributed by atoms with van der Waals surface area (Å²) in [5.74, 6) is 0.636. The van der Waals surface area contributed by atoms with E-state index in [2.05, 4.69) is 28.8 Å². The summed E-state index contributed by atoms with van der Waals surface area (Å²) in [6.45, 7) is 8.00. The van der Waals surface area contributed by atoms with Crippen LogP contribution in [0.2, 0.25) is 0 Å². The molecule has 0 radical (unpaired) electrons. The molecule has 1 N–H and O–H groups in total. The normalized spacial score (nSPS) is 19.7. The number of piperazine rings is 1. The van der Waals surface area contributed by atoms with Gasteiger partial charge in [0.25, 0.3) is 0 Å². The molecule has 1 fully saturated rings. The minimum Gasteiger partial charge on any atom is -0.463 e. The first-order valence-electron chi connectivity index (χ1n) is 6.14. The molecule has 0 bridgehead atoms. The molecule has 1 aromatic heterocycles. The number of nitrogens with zero attached hydrogens (tertiary/aromatic N) is 1. The van der Waals surface area contributed by atoms with Gasteiger partial charge in [0.2, 0.25) is 5.76 Å². The van der Waals surface area contributed by atoms with Crippen molar-refractivity contribution in [2.24, 2.45) is 0 Å². The molecule has 2 heterocycles. The molecular formula is C13H20N2O3. The van der Waals surface area contributed by atoms with Crippen molar-refractivity contribution in [2.45, 2.75) is 25.9 Å². The Morgan fingerprint density at radius 2 is 2.33 bits per heavy atom. The number of ether oxygens (including phenoxy) is 1. The molecule has 0 unspecified atom stereocenters. The number of nitrogens with one attached hydrogen (secondary N) is 1. The number of rotatable bonds is 3. The van der Waals surface area contributed by atoms with Gasteiger partial charge in [-0.3, -0.25) is 4.90 Å². The Labute approximate surface area is 107 Å². The summed E-state index contributed by atoms with van der Waals surface area (Å²) in [7, 11) is 1.35. The highest BCUT2D eigenvalue weighted by Crippen LogP contribution is 2.16. The molecule has 1 aromatic rings. The first kappa shape index (κ1) is 13.1. The van der Waals surface area contributed by atoms with Crippen LogP contribution < -0.4 is 5.32 Å². The van der Waals surface area contributed by atoms with Gasteiger partial charge in [-0.05, 0) is 26.0 Å². The average molecular weight is 252 g/mol. The van der Waals surface area contributed by atoms with E-state index in [0.717, 1.165) is 31.9 Å². The third kappa shape index (κ3) is 3.11. The molecule has 0 spiro atoms. The van der Waals surface area contributed by atoms with Gasteiger partial charge < -0.3 is 14.5 Å². The molecule has 5 nitrogen and oxygen atoms in total. The molecule has 1 aliphatic heterocycles. The molecule has 0 saturated carbocycles. The van der Waals surface area contributed by atoms with E-state index in [1.807, 2.05) is 6.07 Å². The Bertz CT molecular complexity index is 426. The van der Waals surface area contributed by atoms with Gasteiger partial charge >= 0.3 is 5.97 Å². The number of carbonyl (C=O) groups excluding carboxylic acids is 1. The minimum atomic E-state index is -0.429. The van der Waals surface area contributed by atoms with Crippen LogP contribution in [0.3, 0.4) is 0 Å². The summed E-state index contributed by atoms with van der Waals surface area (Å²) in [6.07, 6.45) is 0. The van der Waals surface area contributed by atoms with Gasteiger partial charge in [0.1, 0.15) is 5.76 Å². The minimum absolute atomic E-state index is 0.121. The lowest BCUT2D eigenvalue weighted by Gasteiger charge is -2.38. The number of methoxy groups -OCH3 is 1. The summed E-state index contributed by atoms with van der Waals surface area (Å²) in [5.41, 5.74) is 0.121. The fourth-order valence-electron chi connectivity index (χ4n) is 2.27. The highest BCUT2D eigenvalue weighted by Gasteiger charge is 2.26. The summed E-state index contributed by atoms with van der Waals surface area (Å²) < 4.78 is 10.1. The van der Waals surface area contributed by atoms with E-state index in [1.165, 1.54) is 7.11 Å². The molecule has 100 valence electrons. The van der Waals surface area contributed by atoms with E-state index in [9.17, 15) is 4.79 Å². The van der Waals surface area contributed by atoms with Crippen molar-refractivity contribution in [2.75, 3.05) is 26.7 Å². The molecule has 1 aliphatic rings. The molecule has 1 saturated heterocycles. The molecule has 2 rings (SSSR count). The molecule has 0 amide bonds. The third-order valence-corrected chi connectivity index (χ3v) is 3.08. The summed E-state index contributed by atoms with van der Waals surface area (Å²) in [5, 5.41) is 3.46. The van der Waals surface area contributed by atoms with Crippen molar-refractivity contribution in [1.82, 2.24) is 10.2 Å². The fraction of sp³-hybridized carbons (Fsp3) is 0.615. The molecular weight excluding hydrogens is 232 g/mol. The maximum atomic E-state index is 11.3. The SMILES string of the molecule is COC(=O)c1ccc(CN2CCNC(C)(C)C2)o1. The van der Waals surface area contributed by atoms with E-state index in [4.69, 9.17) is 4.42 Å². The van der Waals surface area contributed by atoms with Gasteiger partial charge in [0.05, 0.1) is 13.7 Å². The Hall–Kier alpha value is -1.33. The van der Waals surface area contributed by atoms with Crippen LogP contribution in [0.25, 0.3) is 0 Å². The lowest BCUT2D eigenvalue weighted by atomic mass is 10.0. The molecule has 0 atom stereocenters. The van der Waals surface area contributed by atoms with Gasteiger partial charge in [-0.2, -0.15) is 0 Å². The van der Waals surface area contributed by atoms with E-state index in [1.54, 1.807) is 6.07 Å². The Morgan fingerprint density at radius 1 is 1.56 bits per heavy atom. The number of esters is 1. The van der Waals surface area contributed by atoms with Crippen LogP contribution in [0, 0.1) is 0 Å². The predicted octanol–water partition coefficient (Wildman–Crippen LogP) is 1.25. The van der Waals surface area contributed by atoms with Crippen molar-refractivity contribution >= 4 is 5.97 Å². The second-order valence-corrected chi connectivity index (χ2v) is 5.28. The van der Waals surface area contributed by atoms with Crippen LogP contribution in [0.1, 0.15) is 30.2 Å². The monoisotopic (exact) mass is 252 g/mol. The van der Waals surface area contributed by atoms with E-state index in [-0.39, 0.29) is 11.3 Å². The van der Waals surface area contributed by atoms with Crippen LogP contribution >= 0.6 is 0 Å². The fourth-order valence-corrected chi connectivity index (χ4v) is 2.27. The number of hydrogen-bond acceptors (Lipinski definition) is 5. The van der Waals surface area contributed by atoms with Gasteiger partial charge in [-0.15, -0.1) is 0 Å². The first-order chi connectivity index (χ1) is 8.50. The Balaban J connectivity index is 1.97. The zero-order valence-electron chi connectivity index (χ0n) is 11.2. The quantitative estimate of drug-likeness (QED) is 0.821. The Kier molecular flexibility index (Phi) is 3.73. The van der Waals surface area contributed by atoms with Crippen LogP contribution in [0.5, 0.6) is 0 Å². The van der Waals surface area contributed by atoms with Gasteiger partial charge in [0, 0.05) is 25.2 Å². The molecule has 18 heavy (non-hydrogen) atoms. The van der Waals surface area contributed by atoms with Crippen LogP contribution in [-0.4, -0.2) is 43.2 Å². The van der Waals surface area contributed by atoms with E-state index in [0.29, 0.717) is 0 Å². The van der Waals surface area contributed by atoms with Crippen molar-refractivity contribution < 1.29 is 13.9 Å². The Morgan fingerprint density at radius 3 is 3.00 bits per heavy atom. The average Bonchev–Trinajstić information content (AvgIpc) is 2.75. The van der Waals surface area contributed by atoms with Gasteiger partial charge in [-0.25, -0.2) is 4.79 Å². The molecule has 0 aromatic carbocycles. The third-order valence-electron chi connectivity index (χ3n) is 3.08. The maximum absolute atomic E-state index is 11.3. The first-order valence-corrected chi connectivity index (χ1v) is 6.14. The van der Waals surface area contributed by atoms with Crippen molar-refractivity contribution in [1.29, 1.82) is 0 Å². The number of carbonyl (C=O) groups is 1. The standard InChI is InChI=1S/C13H20N2O3/c1-13(2)9-15(7-6-14-13)8-10-4-5-11(18-10)12(16)17-3/h4-5,14H,6-9H2,1-3H3. The number of furan rings is 1. The summed E-state index contributed by atoms with van der Waals surface area (Å²) in [6, 6.07) is 3.50. The summed E-state index contributed by atoms with van der Waals surface area (Å²) in [4.78, 5) is 13.6. The second-order valence-electron chi connectivity index (χ2n) is 5.28. The van der Waals surface area contributed by atoms with Crippen molar-refractivity contribution in [3.05, 3.63) is 23.7 Å². The predicted molar refractivity (Wildman–Crippen MR) is 67.4 cm³/mol. The smallest absolute Gasteiger partial charge is 0.373 e. The number of hydrogen-bond donors (Lipinski definition) is 1. The lowest BCUT2D eigenvalue weighted by molar-refractivity contribution is 0.0559. The van der Waals surface area contributed by atoms with Crippen LogP contribution in [0.15, 0.2) is 16.5 Å². The van der Waals surface area contributed by atoms with Gasteiger partial charge in [0.15, 0.2) is 0 Å².